The Morgan fingerprint density at radius 1 is 0.900 bits per heavy atom. The molecule has 0 heterocycles. The van der Waals surface area contributed by atoms with Crippen LogP contribution in [-0.4, -0.2) is 0 Å². The summed E-state index contributed by atoms with van der Waals surface area (Å²) in [5.41, 5.74) is 7.57. The minimum Gasteiger partial charge on any atom is -0.699 e. The molecule has 0 radical (unpaired) electrons. The molecular weight excluding hydrogens is 248 g/mol. The molecule has 0 bridgehead atoms. The molecule has 0 saturated carbocycles. The summed E-state index contributed by atoms with van der Waals surface area (Å²) in [6, 6.07) is 9.10. The zero-order chi connectivity index (χ0) is 5.11. The SMILES string of the molecule is Cl.Cl.[NH-]c1ccccc1.[Zr]. The quantitative estimate of drug-likeness (QED) is 0.680. The number of benzene rings is 1. The number of rotatable bonds is 0. The van der Waals surface area contributed by atoms with Crippen molar-refractivity contribution in [2.75, 3.05) is 0 Å². The van der Waals surface area contributed by atoms with E-state index in [1.54, 1.807) is 12.1 Å². The van der Waals surface area contributed by atoms with Crippen molar-refractivity contribution in [3.63, 3.8) is 0 Å². The summed E-state index contributed by atoms with van der Waals surface area (Å²) < 4.78 is 0. The Morgan fingerprint density at radius 3 is 1.50 bits per heavy atom. The van der Waals surface area contributed by atoms with Gasteiger partial charge in [0.05, 0.1) is 0 Å². The second-order valence-corrected chi connectivity index (χ2v) is 1.37. The molecule has 56 valence electrons. The van der Waals surface area contributed by atoms with Crippen LogP contribution in [0.15, 0.2) is 30.3 Å². The van der Waals surface area contributed by atoms with Crippen molar-refractivity contribution in [3.05, 3.63) is 36.1 Å². The van der Waals surface area contributed by atoms with Gasteiger partial charge in [-0.25, -0.2) is 0 Å². The van der Waals surface area contributed by atoms with Gasteiger partial charge in [0.2, 0.25) is 0 Å². The van der Waals surface area contributed by atoms with Crippen LogP contribution in [0.2, 0.25) is 0 Å². The molecule has 0 fully saturated rings. The van der Waals surface area contributed by atoms with E-state index in [4.69, 9.17) is 5.73 Å². The van der Waals surface area contributed by atoms with Crippen molar-refractivity contribution in [1.82, 2.24) is 0 Å². The Bertz CT molecular complexity index is 146. The summed E-state index contributed by atoms with van der Waals surface area (Å²) in [5.74, 6) is 0. The summed E-state index contributed by atoms with van der Waals surface area (Å²) >= 11 is 0. The molecular formula is C6H8Cl2NZr-. The number of halogens is 2. The molecule has 0 atom stereocenters. The van der Waals surface area contributed by atoms with E-state index in [0.29, 0.717) is 5.69 Å². The van der Waals surface area contributed by atoms with Crippen molar-refractivity contribution in [3.8, 4) is 0 Å². The standard InChI is InChI=1S/C6H6N.2ClH.Zr/c7-6-4-2-1-3-5-6;;;/h1-5,7H;2*1H;/q-1;;;. The van der Waals surface area contributed by atoms with Crippen LogP contribution < -0.4 is 0 Å². The molecule has 1 aromatic carbocycles. The van der Waals surface area contributed by atoms with Gasteiger partial charge in [0.25, 0.3) is 0 Å². The van der Waals surface area contributed by atoms with E-state index in [-0.39, 0.29) is 51.0 Å². The average molecular weight is 256 g/mol. The van der Waals surface area contributed by atoms with Crippen molar-refractivity contribution in [2.24, 2.45) is 0 Å². The van der Waals surface area contributed by atoms with Crippen molar-refractivity contribution in [1.29, 1.82) is 0 Å². The molecule has 0 aliphatic heterocycles. The van der Waals surface area contributed by atoms with Crippen molar-refractivity contribution < 1.29 is 26.2 Å². The van der Waals surface area contributed by atoms with E-state index in [9.17, 15) is 0 Å². The number of nitrogens with one attached hydrogen (secondary N) is 1. The van der Waals surface area contributed by atoms with Gasteiger partial charge in [-0.05, 0) is 0 Å². The van der Waals surface area contributed by atoms with Crippen LogP contribution in [0, 0.1) is 0 Å². The summed E-state index contributed by atoms with van der Waals surface area (Å²) in [5, 5.41) is 0. The van der Waals surface area contributed by atoms with Crippen LogP contribution in [0.3, 0.4) is 0 Å². The van der Waals surface area contributed by atoms with Gasteiger partial charge in [0, 0.05) is 26.2 Å². The monoisotopic (exact) mass is 254 g/mol. The minimum atomic E-state index is 0. The third-order valence-corrected chi connectivity index (χ3v) is 0.774. The van der Waals surface area contributed by atoms with Gasteiger partial charge >= 0.3 is 0 Å². The maximum atomic E-state index is 7.00. The molecule has 10 heavy (non-hydrogen) atoms. The molecule has 0 unspecified atom stereocenters. The third kappa shape index (κ3) is 6.60. The third-order valence-electron chi connectivity index (χ3n) is 0.774. The second-order valence-electron chi connectivity index (χ2n) is 1.37. The molecule has 0 spiro atoms. The second kappa shape index (κ2) is 9.48. The first kappa shape index (κ1) is 16.8. The normalized spacial score (nSPS) is 6.00. The molecule has 4 heteroatoms. The van der Waals surface area contributed by atoms with E-state index in [0.717, 1.165) is 0 Å². The molecule has 0 amide bonds. The molecule has 1 rings (SSSR count). The summed E-state index contributed by atoms with van der Waals surface area (Å²) in [6.45, 7) is 0. The van der Waals surface area contributed by atoms with Gasteiger partial charge in [-0.3, -0.25) is 0 Å². The maximum Gasteiger partial charge on any atom is 0 e. The van der Waals surface area contributed by atoms with Gasteiger partial charge in [0.1, 0.15) is 0 Å². The van der Waals surface area contributed by atoms with Crippen LogP contribution in [0.25, 0.3) is 5.73 Å². The van der Waals surface area contributed by atoms with Crippen LogP contribution in [0.5, 0.6) is 0 Å². The zero-order valence-corrected chi connectivity index (χ0v) is 9.29. The Balaban J connectivity index is -0.000000163. The first-order valence-electron chi connectivity index (χ1n) is 2.16. The van der Waals surface area contributed by atoms with E-state index < -0.39 is 0 Å². The van der Waals surface area contributed by atoms with Crippen LogP contribution in [0.4, 0.5) is 5.69 Å². The zero-order valence-electron chi connectivity index (χ0n) is 5.20. The van der Waals surface area contributed by atoms with E-state index >= 15 is 0 Å². The fourth-order valence-electron chi connectivity index (χ4n) is 0.438. The minimum absolute atomic E-state index is 0. The van der Waals surface area contributed by atoms with Gasteiger partial charge in [0.15, 0.2) is 0 Å². The van der Waals surface area contributed by atoms with E-state index in [2.05, 4.69) is 0 Å². The fourth-order valence-corrected chi connectivity index (χ4v) is 0.438. The number of hydrogen-bond acceptors (Lipinski definition) is 0. The molecule has 1 N–H and O–H groups in total. The molecule has 0 saturated heterocycles. The molecule has 1 aromatic rings. The Labute approximate surface area is 92.3 Å². The topological polar surface area (TPSA) is 23.8 Å². The summed E-state index contributed by atoms with van der Waals surface area (Å²) in [4.78, 5) is 0. The Hall–Kier alpha value is 0.483. The molecule has 0 aliphatic carbocycles. The van der Waals surface area contributed by atoms with Gasteiger partial charge < -0.3 is 5.73 Å². The van der Waals surface area contributed by atoms with Crippen LogP contribution >= 0.6 is 24.8 Å². The van der Waals surface area contributed by atoms with E-state index in [1.165, 1.54) is 0 Å². The first-order chi connectivity index (χ1) is 3.39. The predicted molar refractivity (Wildman–Crippen MR) is 44.9 cm³/mol. The molecule has 0 aromatic heterocycles. The molecule has 0 aliphatic rings. The Kier molecular flexibility index (Phi) is 16.0. The predicted octanol–water partition coefficient (Wildman–Crippen LogP) is 3.21. The first-order valence-corrected chi connectivity index (χ1v) is 2.16. The smallest absolute Gasteiger partial charge is 0 e. The van der Waals surface area contributed by atoms with Gasteiger partial charge in [-0.15, -0.1) is 30.5 Å². The maximum absolute atomic E-state index is 7.00. The largest absolute Gasteiger partial charge is 0.699 e. The summed E-state index contributed by atoms with van der Waals surface area (Å²) in [6.07, 6.45) is 0. The van der Waals surface area contributed by atoms with Crippen LogP contribution in [-0.2, 0) is 26.2 Å². The molecule has 1 nitrogen and oxygen atoms in total. The summed E-state index contributed by atoms with van der Waals surface area (Å²) in [7, 11) is 0. The average Bonchev–Trinajstić information content (AvgIpc) is 1.69. The fraction of sp³-hybridized carbons (Fsp3) is 0. The van der Waals surface area contributed by atoms with Gasteiger partial charge in [-0.2, -0.15) is 0 Å². The van der Waals surface area contributed by atoms with Gasteiger partial charge in [-0.1, -0.05) is 30.3 Å². The number of hydrogen-bond donors (Lipinski definition) is 0. The Morgan fingerprint density at radius 2 is 1.30 bits per heavy atom. The van der Waals surface area contributed by atoms with Crippen molar-refractivity contribution in [2.45, 2.75) is 0 Å². The van der Waals surface area contributed by atoms with Crippen LogP contribution in [0.1, 0.15) is 0 Å². The van der Waals surface area contributed by atoms with E-state index in [1.807, 2.05) is 18.2 Å². The van der Waals surface area contributed by atoms with Crippen molar-refractivity contribution >= 4 is 30.5 Å².